The molecule has 0 aromatic heterocycles. The van der Waals surface area contributed by atoms with Gasteiger partial charge in [-0.2, -0.15) is 4.79 Å². The minimum Gasteiger partial charge on any atom is -0.405 e. The molecule has 0 aromatic carbocycles. The fraction of sp³-hybridized carbons (Fsp3) is 0.737. The van der Waals surface area contributed by atoms with Crippen LogP contribution in [0.1, 0.15) is 46.5 Å². The van der Waals surface area contributed by atoms with E-state index >= 15 is 0 Å². The zero-order chi connectivity index (χ0) is 19.0. The molecule has 3 nitrogen and oxygen atoms in total. The third-order valence-electron chi connectivity index (χ3n) is 3.69. The molecule has 0 N–H and O–H groups in total. The number of allylic oxidation sites excluding steroid dienone is 4. The van der Waals surface area contributed by atoms with E-state index in [4.69, 9.17) is 4.43 Å². The van der Waals surface area contributed by atoms with Crippen LogP contribution in [0.3, 0.4) is 0 Å². The minimum atomic E-state index is -1.69. The van der Waals surface area contributed by atoms with Gasteiger partial charge in [-0.05, 0) is 66.1 Å². The summed E-state index contributed by atoms with van der Waals surface area (Å²) in [5, 5.41) is 0.889. The lowest BCUT2D eigenvalue weighted by molar-refractivity contribution is -0.0151. The molecule has 0 fully saturated rings. The molecule has 0 bridgehead atoms. The Labute approximate surface area is 152 Å². The summed E-state index contributed by atoms with van der Waals surface area (Å²) < 4.78 is 6.36. The second kappa shape index (κ2) is 10.3. The van der Waals surface area contributed by atoms with Crippen molar-refractivity contribution in [3.63, 3.8) is 0 Å². The SMILES string of the molecule is CC(C)=CCC/C(C)=C/CCC(O[Si](C)(C)C)C(=[N+]=[N-])[Si](C)(C)C. The molecule has 0 aromatic rings. The summed E-state index contributed by atoms with van der Waals surface area (Å²) in [4.78, 5) is 3.66. The molecule has 138 valence electrons. The van der Waals surface area contributed by atoms with Crippen molar-refractivity contribution in [3.05, 3.63) is 28.8 Å². The van der Waals surface area contributed by atoms with E-state index in [1.807, 2.05) is 0 Å². The van der Waals surface area contributed by atoms with Crippen molar-refractivity contribution in [1.29, 1.82) is 0 Å². The van der Waals surface area contributed by atoms with Crippen LogP contribution in [0, 0.1) is 0 Å². The lowest BCUT2D eigenvalue weighted by atomic mass is 10.1. The molecule has 0 rings (SSSR count). The molecule has 0 aliphatic heterocycles. The zero-order valence-corrected chi connectivity index (χ0v) is 19.4. The Bertz CT molecular complexity index is 500. The van der Waals surface area contributed by atoms with E-state index < -0.39 is 16.4 Å². The van der Waals surface area contributed by atoms with Gasteiger partial charge in [0.15, 0.2) is 16.4 Å². The van der Waals surface area contributed by atoms with E-state index in [-0.39, 0.29) is 6.10 Å². The second-order valence-electron chi connectivity index (χ2n) is 8.90. The summed E-state index contributed by atoms with van der Waals surface area (Å²) in [7, 11) is -3.38. The van der Waals surface area contributed by atoms with Crippen molar-refractivity contribution in [2.24, 2.45) is 0 Å². The molecule has 0 aliphatic rings. The summed E-state index contributed by atoms with van der Waals surface area (Å²) in [5.41, 5.74) is 12.3. The predicted molar refractivity (Wildman–Crippen MR) is 112 cm³/mol. The molecular weight excluding hydrogens is 328 g/mol. The van der Waals surface area contributed by atoms with Gasteiger partial charge in [0.25, 0.3) is 5.33 Å². The lowest BCUT2D eigenvalue weighted by Crippen LogP contribution is -2.47. The number of rotatable bonds is 10. The topological polar surface area (TPSA) is 45.6 Å². The molecule has 0 saturated heterocycles. The van der Waals surface area contributed by atoms with Crippen LogP contribution in [-0.4, -0.2) is 32.6 Å². The van der Waals surface area contributed by atoms with Gasteiger partial charge in [0.1, 0.15) is 6.10 Å². The highest BCUT2D eigenvalue weighted by molar-refractivity contribution is 7.04. The summed E-state index contributed by atoms with van der Waals surface area (Å²) in [6.07, 6.45) is 8.65. The van der Waals surface area contributed by atoms with Crippen molar-refractivity contribution < 1.29 is 9.22 Å². The van der Waals surface area contributed by atoms with Gasteiger partial charge >= 0.3 is 0 Å². The van der Waals surface area contributed by atoms with E-state index in [0.717, 1.165) is 31.0 Å². The fourth-order valence-electron chi connectivity index (χ4n) is 2.55. The molecule has 0 amide bonds. The Morgan fingerprint density at radius 3 is 2.00 bits per heavy atom. The van der Waals surface area contributed by atoms with Crippen LogP contribution in [0.5, 0.6) is 0 Å². The van der Waals surface area contributed by atoms with E-state index in [9.17, 15) is 5.53 Å². The first-order valence-corrected chi connectivity index (χ1v) is 16.0. The first-order chi connectivity index (χ1) is 10.9. The van der Waals surface area contributed by atoms with Gasteiger partial charge in [-0.25, -0.2) is 0 Å². The van der Waals surface area contributed by atoms with Gasteiger partial charge in [0.05, 0.1) is 0 Å². The first kappa shape index (κ1) is 23.3. The monoisotopic (exact) mass is 366 g/mol. The summed E-state index contributed by atoms with van der Waals surface area (Å²) in [6.45, 7) is 19.7. The van der Waals surface area contributed by atoms with Crippen molar-refractivity contribution in [2.75, 3.05) is 0 Å². The highest BCUT2D eigenvalue weighted by Gasteiger charge is 2.39. The standard InChI is InChI=1S/C19H38N2OSi2/c1-16(2)12-10-13-17(3)14-11-15-18(22-24(7,8)9)19(21-20)23(4,5)6/h12,14,18H,10-11,13,15H2,1-9H3/b17-14+. The highest BCUT2D eigenvalue weighted by atomic mass is 28.4. The van der Waals surface area contributed by atoms with Crippen LogP contribution in [0.4, 0.5) is 0 Å². The van der Waals surface area contributed by atoms with Crippen LogP contribution in [-0.2, 0) is 4.43 Å². The largest absolute Gasteiger partial charge is 0.405 e. The summed E-state index contributed by atoms with van der Waals surface area (Å²) >= 11 is 0. The maximum absolute atomic E-state index is 9.54. The van der Waals surface area contributed by atoms with Crippen LogP contribution >= 0.6 is 0 Å². The third-order valence-corrected chi connectivity index (χ3v) is 6.64. The molecule has 1 atom stereocenters. The van der Waals surface area contributed by atoms with Crippen LogP contribution in [0.15, 0.2) is 23.3 Å². The molecule has 5 heteroatoms. The molecule has 0 saturated carbocycles. The summed E-state index contributed by atoms with van der Waals surface area (Å²) in [6, 6.07) is 0. The Kier molecular flexibility index (Phi) is 9.97. The van der Waals surface area contributed by atoms with Crippen molar-refractivity contribution in [3.8, 4) is 0 Å². The second-order valence-corrected chi connectivity index (χ2v) is 18.4. The highest BCUT2D eigenvalue weighted by Crippen LogP contribution is 2.19. The summed E-state index contributed by atoms with van der Waals surface area (Å²) in [5.74, 6) is 0. The zero-order valence-electron chi connectivity index (χ0n) is 17.4. The van der Waals surface area contributed by atoms with E-state index in [0.29, 0.717) is 0 Å². The molecule has 24 heavy (non-hydrogen) atoms. The van der Waals surface area contributed by atoms with Crippen molar-refractivity contribution in [2.45, 2.75) is 91.8 Å². The Balaban J connectivity index is 4.91. The van der Waals surface area contributed by atoms with Gasteiger partial charge in [-0.3, -0.25) is 0 Å². The predicted octanol–water partition coefficient (Wildman–Crippen LogP) is 6.23. The Morgan fingerprint density at radius 1 is 1.00 bits per heavy atom. The van der Waals surface area contributed by atoms with E-state index in [2.05, 4.69) is 77.0 Å². The normalized spacial score (nSPS) is 14.1. The molecule has 1 unspecified atom stereocenters. The Morgan fingerprint density at radius 2 is 1.58 bits per heavy atom. The number of hydrogen-bond donors (Lipinski definition) is 0. The van der Waals surface area contributed by atoms with E-state index in [1.54, 1.807) is 0 Å². The molecule has 0 spiro atoms. The number of nitrogens with zero attached hydrogens (tertiary/aromatic N) is 2. The van der Waals surface area contributed by atoms with Crippen LogP contribution < -0.4 is 0 Å². The van der Waals surface area contributed by atoms with Crippen molar-refractivity contribution in [1.82, 2.24) is 0 Å². The lowest BCUT2D eigenvalue weighted by Gasteiger charge is -2.26. The van der Waals surface area contributed by atoms with E-state index in [1.165, 1.54) is 11.1 Å². The average molecular weight is 367 g/mol. The van der Waals surface area contributed by atoms with Crippen LogP contribution in [0.25, 0.3) is 5.53 Å². The minimum absolute atomic E-state index is 0.0461. The molecular formula is C19H38N2OSi2. The molecule has 0 radical (unpaired) electrons. The van der Waals surface area contributed by atoms with Gasteiger partial charge < -0.3 is 9.96 Å². The van der Waals surface area contributed by atoms with Gasteiger partial charge in [-0.15, -0.1) is 0 Å². The van der Waals surface area contributed by atoms with Gasteiger partial charge in [0, 0.05) is 0 Å². The van der Waals surface area contributed by atoms with Crippen molar-refractivity contribution >= 4 is 21.7 Å². The van der Waals surface area contributed by atoms with Crippen LogP contribution in [0.2, 0.25) is 39.3 Å². The van der Waals surface area contributed by atoms with Gasteiger partial charge in [-0.1, -0.05) is 42.9 Å². The molecule has 0 heterocycles. The fourth-order valence-corrected chi connectivity index (χ4v) is 5.22. The maximum Gasteiger partial charge on any atom is 0.263 e. The first-order valence-electron chi connectivity index (χ1n) is 9.06. The third kappa shape index (κ3) is 10.9. The Hall–Kier alpha value is -0.746. The maximum atomic E-state index is 9.54. The smallest absolute Gasteiger partial charge is 0.263 e. The average Bonchev–Trinajstić information content (AvgIpc) is 2.35. The van der Waals surface area contributed by atoms with Gasteiger partial charge in [0.2, 0.25) is 0 Å². The molecule has 0 aliphatic carbocycles. The quantitative estimate of drug-likeness (QED) is 0.149. The number of hydrogen-bond acceptors (Lipinski definition) is 1.